The average molecular weight is 331 g/mol. The van der Waals surface area contributed by atoms with Crippen molar-refractivity contribution in [1.29, 1.82) is 0 Å². The van der Waals surface area contributed by atoms with Crippen LogP contribution in [0.3, 0.4) is 0 Å². The van der Waals surface area contributed by atoms with E-state index >= 15 is 0 Å². The van der Waals surface area contributed by atoms with Gasteiger partial charge in [-0.2, -0.15) is 0 Å². The molecule has 0 bridgehead atoms. The van der Waals surface area contributed by atoms with Gasteiger partial charge in [0.2, 0.25) is 11.8 Å². The Hall–Kier alpha value is -1.88. The monoisotopic (exact) mass is 331 g/mol. The van der Waals surface area contributed by atoms with Crippen molar-refractivity contribution < 1.29 is 9.59 Å². The first-order valence-electron chi connectivity index (χ1n) is 8.86. The molecule has 0 aliphatic carbocycles. The molecule has 1 N–H and O–H groups in total. The van der Waals surface area contributed by atoms with Crippen LogP contribution in [0.15, 0.2) is 30.3 Å². The predicted octanol–water partition coefficient (Wildman–Crippen LogP) is 2.03. The molecule has 0 aromatic heterocycles. The van der Waals surface area contributed by atoms with Crippen LogP contribution >= 0.6 is 0 Å². The maximum Gasteiger partial charge on any atom is 0.221 e. The van der Waals surface area contributed by atoms with Crippen molar-refractivity contribution in [2.24, 2.45) is 0 Å². The Bertz CT molecular complexity index is 527. The Morgan fingerprint density at radius 1 is 1.21 bits per heavy atom. The number of nitrogens with one attached hydrogen (secondary N) is 1. The third kappa shape index (κ3) is 5.96. The van der Waals surface area contributed by atoms with Crippen molar-refractivity contribution in [2.45, 2.75) is 45.7 Å². The lowest BCUT2D eigenvalue weighted by Crippen LogP contribution is -2.41. The zero-order valence-electron chi connectivity index (χ0n) is 14.8. The molecule has 1 aromatic carbocycles. The van der Waals surface area contributed by atoms with Gasteiger partial charge in [-0.05, 0) is 38.4 Å². The molecule has 0 unspecified atom stereocenters. The van der Waals surface area contributed by atoms with Crippen LogP contribution in [0.5, 0.6) is 0 Å². The van der Waals surface area contributed by atoms with Crippen LogP contribution < -0.4 is 5.32 Å². The molecule has 1 aliphatic rings. The van der Waals surface area contributed by atoms with Crippen molar-refractivity contribution in [3.8, 4) is 0 Å². The quantitative estimate of drug-likeness (QED) is 0.793. The number of hydrogen-bond donors (Lipinski definition) is 1. The number of nitrogens with zero attached hydrogens (tertiary/aromatic N) is 2. The van der Waals surface area contributed by atoms with E-state index in [1.165, 1.54) is 12.8 Å². The van der Waals surface area contributed by atoms with Crippen LogP contribution in [-0.4, -0.2) is 53.8 Å². The van der Waals surface area contributed by atoms with Gasteiger partial charge in [0.25, 0.3) is 0 Å². The molecule has 1 saturated heterocycles. The molecule has 1 aliphatic heterocycles. The molecule has 24 heavy (non-hydrogen) atoms. The first-order chi connectivity index (χ1) is 11.6. The van der Waals surface area contributed by atoms with Gasteiger partial charge in [-0.3, -0.25) is 14.5 Å². The van der Waals surface area contributed by atoms with Gasteiger partial charge in [0.1, 0.15) is 0 Å². The molecule has 0 spiro atoms. The van der Waals surface area contributed by atoms with Gasteiger partial charge in [-0.25, -0.2) is 0 Å². The third-order valence-electron chi connectivity index (χ3n) is 4.63. The van der Waals surface area contributed by atoms with E-state index in [0.29, 0.717) is 32.1 Å². The fourth-order valence-corrected chi connectivity index (χ4v) is 3.05. The highest BCUT2D eigenvalue weighted by Gasteiger charge is 2.18. The number of amides is 2. The maximum absolute atomic E-state index is 12.1. The summed E-state index contributed by atoms with van der Waals surface area (Å²) in [5, 5.41) is 3.00. The second-order valence-electron chi connectivity index (χ2n) is 6.57. The van der Waals surface area contributed by atoms with Gasteiger partial charge in [-0.1, -0.05) is 30.3 Å². The van der Waals surface area contributed by atoms with Crippen molar-refractivity contribution in [3.05, 3.63) is 35.9 Å². The molecule has 5 nitrogen and oxygen atoms in total. The van der Waals surface area contributed by atoms with Gasteiger partial charge in [0.15, 0.2) is 0 Å². The highest BCUT2D eigenvalue weighted by atomic mass is 16.2. The summed E-state index contributed by atoms with van der Waals surface area (Å²) in [5.74, 6) is 0.0115. The van der Waals surface area contributed by atoms with Gasteiger partial charge < -0.3 is 10.2 Å². The fourth-order valence-electron chi connectivity index (χ4n) is 3.05. The van der Waals surface area contributed by atoms with Crippen molar-refractivity contribution in [3.63, 3.8) is 0 Å². The fraction of sp³-hybridized carbons (Fsp3) is 0.579. The minimum absolute atomic E-state index is 0.00270. The van der Waals surface area contributed by atoms with E-state index in [1.54, 1.807) is 11.8 Å². The predicted molar refractivity (Wildman–Crippen MR) is 95.4 cm³/mol. The second-order valence-corrected chi connectivity index (χ2v) is 6.57. The van der Waals surface area contributed by atoms with E-state index in [1.807, 2.05) is 30.3 Å². The van der Waals surface area contributed by atoms with E-state index in [4.69, 9.17) is 0 Å². The lowest BCUT2D eigenvalue weighted by molar-refractivity contribution is -0.130. The van der Waals surface area contributed by atoms with E-state index < -0.39 is 0 Å². The first-order valence-corrected chi connectivity index (χ1v) is 8.86. The Labute approximate surface area is 145 Å². The number of hydrogen-bond acceptors (Lipinski definition) is 3. The normalized spacial score (nSPS) is 15.9. The molecule has 132 valence electrons. The number of carbonyl (C=O) groups excluding carboxylic acids is 2. The highest BCUT2D eigenvalue weighted by Crippen LogP contribution is 2.11. The minimum Gasteiger partial charge on any atom is -0.354 e. The summed E-state index contributed by atoms with van der Waals surface area (Å²) < 4.78 is 0. The Morgan fingerprint density at radius 2 is 1.88 bits per heavy atom. The minimum atomic E-state index is -0.00270. The molecular formula is C19H29N3O2. The van der Waals surface area contributed by atoms with E-state index in [0.717, 1.165) is 18.7 Å². The average Bonchev–Trinajstić information content (AvgIpc) is 3.11. The maximum atomic E-state index is 12.1. The van der Waals surface area contributed by atoms with E-state index in [9.17, 15) is 9.59 Å². The van der Waals surface area contributed by atoms with Crippen LogP contribution in [0.4, 0.5) is 0 Å². The topological polar surface area (TPSA) is 52.7 Å². The van der Waals surface area contributed by atoms with Gasteiger partial charge >= 0.3 is 0 Å². The standard InChI is InChI=1S/C19H29N3O2/c1-16(21-11-6-7-12-21)14-20-19(24)10-13-22(17(2)23)15-18-8-4-3-5-9-18/h3-5,8-9,16H,6-7,10-15H2,1-2H3,(H,20,24)/t16-/m1/s1. The Kier molecular flexibility index (Phi) is 7.25. The SMILES string of the molecule is CC(=O)N(CCC(=O)NC[C@@H](C)N1CCCC1)Cc1ccccc1. The summed E-state index contributed by atoms with van der Waals surface area (Å²) >= 11 is 0. The third-order valence-corrected chi connectivity index (χ3v) is 4.63. The Morgan fingerprint density at radius 3 is 2.50 bits per heavy atom. The van der Waals surface area contributed by atoms with Crippen LogP contribution in [0.1, 0.15) is 38.7 Å². The van der Waals surface area contributed by atoms with Gasteiger partial charge in [-0.15, -0.1) is 0 Å². The largest absolute Gasteiger partial charge is 0.354 e. The summed E-state index contributed by atoms with van der Waals surface area (Å²) in [6, 6.07) is 10.2. The first kappa shape index (κ1) is 18.5. The molecule has 1 heterocycles. The summed E-state index contributed by atoms with van der Waals surface area (Å²) in [5.41, 5.74) is 1.08. The van der Waals surface area contributed by atoms with Crippen molar-refractivity contribution in [2.75, 3.05) is 26.2 Å². The molecule has 2 rings (SSSR count). The zero-order chi connectivity index (χ0) is 17.4. The molecule has 1 aromatic rings. The summed E-state index contributed by atoms with van der Waals surface area (Å²) in [7, 11) is 0. The molecule has 1 fully saturated rings. The van der Waals surface area contributed by atoms with Crippen LogP contribution in [-0.2, 0) is 16.1 Å². The van der Waals surface area contributed by atoms with Crippen LogP contribution in [0.2, 0.25) is 0 Å². The molecular weight excluding hydrogens is 302 g/mol. The van der Waals surface area contributed by atoms with Crippen molar-refractivity contribution in [1.82, 2.24) is 15.1 Å². The van der Waals surface area contributed by atoms with Gasteiger partial charge in [0, 0.05) is 39.0 Å². The number of benzene rings is 1. The molecule has 0 saturated carbocycles. The van der Waals surface area contributed by atoms with Crippen LogP contribution in [0.25, 0.3) is 0 Å². The lowest BCUT2D eigenvalue weighted by atomic mass is 10.2. The van der Waals surface area contributed by atoms with Gasteiger partial charge in [0.05, 0.1) is 0 Å². The summed E-state index contributed by atoms with van der Waals surface area (Å²) in [6.07, 6.45) is 2.86. The molecule has 1 atom stereocenters. The van der Waals surface area contributed by atoms with Crippen molar-refractivity contribution >= 4 is 11.8 Å². The molecule has 2 amide bonds. The number of likely N-dealkylation sites (tertiary alicyclic amines) is 1. The number of rotatable bonds is 8. The number of carbonyl (C=O) groups is 2. The highest BCUT2D eigenvalue weighted by molar-refractivity contribution is 5.78. The van der Waals surface area contributed by atoms with E-state index in [2.05, 4.69) is 17.1 Å². The van der Waals surface area contributed by atoms with Crippen LogP contribution in [0, 0.1) is 0 Å². The molecule has 5 heteroatoms. The molecule has 0 radical (unpaired) electrons. The lowest BCUT2D eigenvalue weighted by Gasteiger charge is -2.24. The van der Waals surface area contributed by atoms with E-state index in [-0.39, 0.29) is 11.8 Å². The smallest absolute Gasteiger partial charge is 0.221 e. The second kappa shape index (κ2) is 9.42. The zero-order valence-corrected chi connectivity index (χ0v) is 14.8. The summed E-state index contributed by atoms with van der Waals surface area (Å²) in [4.78, 5) is 28.0. The summed E-state index contributed by atoms with van der Waals surface area (Å²) in [6.45, 7) is 7.65. The Balaban J connectivity index is 1.72.